The first-order valence-corrected chi connectivity index (χ1v) is 5.39. The van der Waals surface area contributed by atoms with Crippen molar-refractivity contribution in [2.45, 2.75) is 38.7 Å². The summed E-state index contributed by atoms with van der Waals surface area (Å²) in [6.07, 6.45) is 3.95. The van der Waals surface area contributed by atoms with Crippen LogP contribution in [0, 0.1) is 5.92 Å². The average Bonchev–Trinajstić information content (AvgIpc) is 2.12. The standard InChI is InChI=1S/C10H17BF3O.K/c1-8-4-3-5-10(6-8)15-7-9(2)11(12,13)14;/h8,10H,2-7H2,1H3;/q-1;+1. The molecule has 0 aliphatic heterocycles. The van der Waals surface area contributed by atoms with Crippen LogP contribution in [0.3, 0.4) is 0 Å². The van der Waals surface area contributed by atoms with Gasteiger partial charge in [0.1, 0.15) is 0 Å². The summed E-state index contributed by atoms with van der Waals surface area (Å²) in [4.78, 5) is 0. The molecule has 0 saturated heterocycles. The predicted molar refractivity (Wildman–Crippen MR) is 55.6 cm³/mol. The van der Waals surface area contributed by atoms with Crippen molar-refractivity contribution in [1.29, 1.82) is 0 Å². The molecule has 1 fully saturated rings. The normalized spacial score (nSPS) is 26.0. The Morgan fingerprint density at radius 1 is 1.38 bits per heavy atom. The van der Waals surface area contributed by atoms with E-state index < -0.39 is 12.4 Å². The van der Waals surface area contributed by atoms with Crippen molar-refractivity contribution in [2.24, 2.45) is 5.92 Å². The minimum Gasteiger partial charge on any atom is -0.445 e. The van der Waals surface area contributed by atoms with Gasteiger partial charge in [-0.2, -0.15) is 0 Å². The van der Waals surface area contributed by atoms with Gasteiger partial charge in [-0.3, -0.25) is 0 Å². The number of rotatable bonds is 4. The molecule has 0 N–H and O–H groups in total. The van der Waals surface area contributed by atoms with Crippen LogP contribution in [0.5, 0.6) is 0 Å². The summed E-state index contributed by atoms with van der Waals surface area (Å²) < 4.78 is 41.7. The molecule has 0 spiro atoms. The third kappa shape index (κ3) is 6.21. The molecule has 0 bridgehead atoms. The van der Waals surface area contributed by atoms with Crippen LogP contribution in [0.1, 0.15) is 32.6 Å². The van der Waals surface area contributed by atoms with Crippen molar-refractivity contribution in [3.05, 3.63) is 12.1 Å². The van der Waals surface area contributed by atoms with Gasteiger partial charge in [-0.1, -0.05) is 19.8 Å². The number of ether oxygens (including phenoxy) is 1. The van der Waals surface area contributed by atoms with E-state index in [1.54, 1.807) is 0 Å². The minimum absolute atomic E-state index is 0. The maximum absolute atomic E-state index is 12.2. The fourth-order valence-electron chi connectivity index (χ4n) is 1.85. The van der Waals surface area contributed by atoms with Crippen molar-refractivity contribution in [3.8, 4) is 0 Å². The molecule has 1 rings (SSSR count). The molecule has 2 atom stereocenters. The van der Waals surface area contributed by atoms with Gasteiger partial charge in [0.05, 0.1) is 6.10 Å². The zero-order chi connectivity index (χ0) is 11.5. The Morgan fingerprint density at radius 2 is 2.00 bits per heavy atom. The van der Waals surface area contributed by atoms with Gasteiger partial charge >= 0.3 is 58.4 Å². The van der Waals surface area contributed by atoms with E-state index in [2.05, 4.69) is 13.5 Å². The van der Waals surface area contributed by atoms with Gasteiger partial charge in [0.25, 0.3) is 0 Å². The van der Waals surface area contributed by atoms with Crippen LogP contribution in [0.4, 0.5) is 12.9 Å². The largest absolute Gasteiger partial charge is 1.00 e. The molecule has 0 radical (unpaired) electrons. The van der Waals surface area contributed by atoms with Crippen molar-refractivity contribution in [1.82, 2.24) is 0 Å². The smallest absolute Gasteiger partial charge is 0.445 e. The van der Waals surface area contributed by atoms with Crippen molar-refractivity contribution >= 4 is 6.98 Å². The number of hydrogen-bond donors (Lipinski definition) is 0. The molecule has 88 valence electrons. The summed E-state index contributed by atoms with van der Waals surface area (Å²) in [5, 5.41) is 0. The number of hydrogen-bond acceptors (Lipinski definition) is 1. The molecule has 0 heterocycles. The first kappa shape index (κ1) is 17.2. The Hall–Kier alpha value is 1.19. The second kappa shape index (κ2) is 7.59. The van der Waals surface area contributed by atoms with E-state index in [0.29, 0.717) is 5.92 Å². The molecule has 1 saturated carbocycles. The molecular weight excluding hydrogens is 243 g/mol. The molecule has 16 heavy (non-hydrogen) atoms. The van der Waals surface area contributed by atoms with Gasteiger partial charge in [0.2, 0.25) is 0 Å². The van der Waals surface area contributed by atoms with Crippen LogP contribution in [-0.4, -0.2) is 19.7 Å². The third-order valence-corrected chi connectivity index (χ3v) is 2.86. The Bertz CT molecular complexity index is 233. The molecule has 0 amide bonds. The Kier molecular flexibility index (Phi) is 8.15. The molecule has 0 aromatic rings. The zero-order valence-electron chi connectivity index (χ0n) is 10.0. The monoisotopic (exact) mass is 260 g/mol. The summed E-state index contributed by atoms with van der Waals surface area (Å²) in [6, 6.07) is 0. The molecule has 1 aliphatic carbocycles. The Morgan fingerprint density at radius 3 is 2.50 bits per heavy atom. The summed E-state index contributed by atoms with van der Waals surface area (Å²) in [5.41, 5.74) is -0.728. The van der Waals surface area contributed by atoms with Gasteiger partial charge in [0.15, 0.2) is 0 Å². The number of halogens is 3. The molecule has 6 heteroatoms. The molecule has 1 nitrogen and oxygen atoms in total. The first-order chi connectivity index (χ1) is 6.89. The van der Waals surface area contributed by atoms with Crippen LogP contribution in [0.15, 0.2) is 12.1 Å². The minimum atomic E-state index is -4.93. The third-order valence-electron chi connectivity index (χ3n) is 2.86. The first-order valence-electron chi connectivity index (χ1n) is 5.39. The fourth-order valence-corrected chi connectivity index (χ4v) is 1.85. The van der Waals surface area contributed by atoms with Crippen LogP contribution < -0.4 is 51.4 Å². The van der Waals surface area contributed by atoms with E-state index in [-0.39, 0.29) is 64.1 Å². The van der Waals surface area contributed by atoms with Crippen LogP contribution in [0.2, 0.25) is 0 Å². The summed E-state index contributed by atoms with van der Waals surface area (Å²) in [7, 11) is 0. The van der Waals surface area contributed by atoms with Crippen molar-refractivity contribution in [2.75, 3.05) is 6.61 Å². The topological polar surface area (TPSA) is 9.23 Å². The fraction of sp³-hybridized carbons (Fsp3) is 0.800. The molecule has 0 aromatic heterocycles. The van der Waals surface area contributed by atoms with Gasteiger partial charge in [-0.15, -0.1) is 12.1 Å². The molecular formula is C10H17BF3KO. The average molecular weight is 260 g/mol. The molecule has 0 aromatic carbocycles. The van der Waals surface area contributed by atoms with Gasteiger partial charge in [-0.25, -0.2) is 0 Å². The SMILES string of the molecule is C=C(COC1CCCC(C)C1)[B-](F)(F)F.[K+]. The van der Waals surface area contributed by atoms with E-state index >= 15 is 0 Å². The maximum Gasteiger partial charge on any atom is 1.00 e. The summed E-state index contributed by atoms with van der Waals surface area (Å²) in [5.74, 6) is 0.563. The van der Waals surface area contributed by atoms with E-state index in [1.807, 2.05) is 0 Å². The van der Waals surface area contributed by atoms with Crippen LogP contribution >= 0.6 is 0 Å². The van der Waals surface area contributed by atoms with Crippen LogP contribution in [-0.2, 0) is 4.74 Å². The maximum atomic E-state index is 12.2. The Balaban J connectivity index is 0.00000225. The summed E-state index contributed by atoms with van der Waals surface area (Å²) >= 11 is 0. The van der Waals surface area contributed by atoms with Gasteiger partial charge < -0.3 is 17.7 Å². The van der Waals surface area contributed by atoms with Crippen LogP contribution in [0.25, 0.3) is 0 Å². The van der Waals surface area contributed by atoms with Gasteiger partial charge in [0, 0.05) is 6.61 Å². The van der Waals surface area contributed by atoms with E-state index in [4.69, 9.17) is 4.74 Å². The summed E-state index contributed by atoms with van der Waals surface area (Å²) in [6.45, 7) is -0.176. The zero-order valence-corrected chi connectivity index (χ0v) is 13.1. The van der Waals surface area contributed by atoms with Crippen molar-refractivity contribution in [3.63, 3.8) is 0 Å². The molecule has 1 aliphatic rings. The van der Waals surface area contributed by atoms with Crippen molar-refractivity contribution < 1.29 is 69.1 Å². The van der Waals surface area contributed by atoms with E-state index in [0.717, 1.165) is 25.7 Å². The predicted octanol–water partition coefficient (Wildman–Crippen LogP) is 0.528. The van der Waals surface area contributed by atoms with Gasteiger partial charge in [-0.05, 0) is 18.8 Å². The van der Waals surface area contributed by atoms with E-state index in [1.165, 1.54) is 0 Å². The second-order valence-corrected chi connectivity index (χ2v) is 4.44. The quantitative estimate of drug-likeness (QED) is 0.670. The van der Waals surface area contributed by atoms with E-state index in [9.17, 15) is 12.9 Å². The Labute approximate surface area is 138 Å². The second-order valence-electron chi connectivity index (χ2n) is 4.44. The molecule has 2 unspecified atom stereocenters.